The second kappa shape index (κ2) is 9.45. The Bertz CT molecular complexity index is 600. The van der Waals surface area contributed by atoms with Gasteiger partial charge in [-0.15, -0.1) is 0 Å². The Morgan fingerprint density at radius 2 is 1.69 bits per heavy atom. The van der Waals surface area contributed by atoms with Crippen LogP contribution in [0.5, 0.6) is 0 Å². The molecule has 7 heteroatoms. The van der Waals surface area contributed by atoms with Gasteiger partial charge in [0.1, 0.15) is 12.2 Å². The summed E-state index contributed by atoms with van der Waals surface area (Å²) in [4.78, 5) is 41.1. The van der Waals surface area contributed by atoms with Crippen molar-refractivity contribution in [1.82, 2.24) is 9.80 Å². The number of amides is 1. The Hall–Kier alpha value is -1.63. The lowest BCUT2D eigenvalue weighted by atomic mass is 9.78. The van der Waals surface area contributed by atoms with E-state index in [2.05, 4.69) is 32.6 Å². The predicted molar refractivity (Wildman–Crippen MR) is 111 cm³/mol. The number of hydrogen-bond acceptors (Lipinski definition) is 6. The molecule has 7 nitrogen and oxygen atoms in total. The lowest BCUT2D eigenvalue weighted by Crippen LogP contribution is -2.63. The Morgan fingerprint density at radius 1 is 1.07 bits per heavy atom. The second-order valence-electron chi connectivity index (χ2n) is 9.58. The van der Waals surface area contributed by atoms with Gasteiger partial charge in [-0.05, 0) is 66.7 Å². The average Bonchev–Trinajstić information content (AvgIpc) is 2.63. The molecule has 0 N–H and O–H groups in total. The zero-order valence-electron chi connectivity index (χ0n) is 19.0. The number of likely N-dealkylation sites (tertiary alicyclic amines) is 2. The highest BCUT2D eigenvalue weighted by Crippen LogP contribution is 2.39. The minimum absolute atomic E-state index is 0.0193. The fourth-order valence-corrected chi connectivity index (χ4v) is 5.12. The third-order valence-corrected chi connectivity index (χ3v) is 6.64. The Kier molecular flexibility index (Phi) is 7.71. The third-order valence-electron chi connectivity index (χ3n) is 6.64. The van der Waals surface area contributed by atoms with Gasteiger partial charge in [-0.25, -0.2) is 4.79 Å². The van der Waals surface area contributed by atoms with Crippen molar-refractivity contribution in [2.75, 3.05) is 26.8 Å². The summed E-state index contributed by atoms with van der Waals surface area (Å²) >= 11 is 0. The quantitative estimate of drug-likeness (QED) is 0.493. The van der Waals surface area contributed by atoms with Gasteiger partial charge in [-0.1, -0.05) is 0 Å². The summed E-state index contributed by atoms with van der Waals surface area (Å²) in [7, 11) is 1.39. The normalized spacial score (nSPS) is 26.6. The molecule has 2 aliphatic heterocycles. The molecular formula is C22H38N2O5. The molecule has 2 fully saturated rings. The molecule has 29 heavy (non-hydrogen) atoms. The summed E-state index contributed by atoms with van der Waals surface area (Å²) in [6.07, 6.45) is 3.96. The van der Waals surface area contributed by atoms with Crippen LogP contribution in [-0.2, 0) is 19.1 Å². The molecule has 0 radical (unpaired) electrons. The van der Waals surface area contributed by atoms with E-state index in [9.17, 15) is 14.4 Å². The van der Waals surface area contributed by atoms with Crippen molar-refractivity contribution in [2.45, 2.75) is 90.3 Å². The summed E-state index contributed by atoms with van der Waals surface area (Å²) in [6, 6.07) is -0.121. The molecule has 2 atom stereocenters. The molecular weight excluding hydrogens is 372 g/mol. The van der Waals surface area contributed by atoms with Crippen molar-refractivity contribution < 1.29 is 23.9 Å². The van der Waals surface area contributed by atoms with Crippen molar-refractivity contribution in [3.63, 3.8) is 0 Å². The summed E-state index contributed by atoms with van der Waals surface area (Å²) in [6.45, 7) is 12.2. The Morgan fingerprint density at radius 3 is 2.24 bits per heavy atom. The molecule has 0 unspecified atom stereocenters. The number of rotatable bonds is 6. The molecule has 2 aliphatic rings. The molecule has 1 amide bonds. The zero-order chi connectivity index (χ0) is 21.8. The smallest absolute Gasteiger partial charge is 0.409 e. The van der Waals surface area contributed by atoms with Crippen molar-refractivity contribution in [3.8, 4) is 0 Å². The number of Topliss-reactive ketones (excluding diaryl/α,β-unsaturated/α-hetero) is 1. The molecule has 0 aromatic heterocycles. The summed E-state index contributed by atoms with van der Waals surface area (Å²) in [5.74, 6) is -0.792. The van der Waals surface area contributed by atoms with Crippen LogP contribution in [0.25, 0.3) is 0 Å². The fourth-order valence-electron chi connectivity index (χ4n) is 5.12. The Balaban J connectivity index is 2.18. The van der Waals surface area contributed by atoms with Crippen LogP contribution in [0, 0.1) is 5.92 Å². The first-order valence-corrected chi connectivity index (χ1v) is 10.8. The number of ketones is 1. The van der Waals surface area contributed by atoms with Gasteiger partial charge in [0.15, 0.2) is 0 Å². The maximum absolute atomic E-state index is 12.7. The highest BCUT2D eigenvalue weighted by molar-refractivity contribution is 5.96. The molecule has 2 saturated heterocycles. The van der Waals surface area contributed by atoms with Gasteiger partial charge in [-0.3, -0.25) is 14.5 Å². The van der Waals surface area contributed by atoms with Gasteiger partial charge in [0.05, 0.1) is 13.7 Å². The molecule has 2 rings (SSSR count). The number of piperidine rings is 2. The van der Waals surface area contributed by atoms with Crippen molar-refractivity contribution in [1.29, 1.82) is 0 Å². The van der Waals surface area contributed by atoms with E-state index >= 15 is 0 Å². The molecule has 166 valence electrons. The zero-order valence-corrected chi connectivity index (χ0v) is 19.0. The van der Waals surface area contributed by atoms with Crippen molar-refractivity contribution >= 4 is 17.8 Å². The maximum atomic E-state index is 12.7. The largest absolute Gasteiger partial charge is 0.466 e. The summed E-state index contributed by atoms with van der Waals surface area (Å²) in [5, 5.41) is 0. The minimum Gasteiger partial charge on any atom is -0.466 e. The average molecular weight is 411 g/mol. The number of methoxy groups -OCH3 is 1. The number of hydrogen-bond donors (Lipinski definition) is 0. The van der Waals surface area contributed by atoms with Crippen LogP contribution in [0.3, 0.4) is 0 Å². The SMILES string of the molecule is CCOC(=O)CC(=O)[C@@H]1CCN(C(=O)OC)[C@H](CN2C(C)(C)CCCC2(C)C)C1. The van der Waals surface area contributed by atoms with Crippen LogP contribution < -0.4 is 0 Å². The van der Waals surface area contributed by atoms with E-state index in [4.69, 9.17) is 9.47 Å². The fraction of sp³-hybridized carbons (Fsp3) is 0.864. The highest BCUT2D eigenvalue weighted by Gasteiger charge is 2.45. The summed E-state index contributed by atoms with van der Waals surface area (Å²) < 4.78 is 9.95. The van der Waals surface area contributed by atoms with Crippen molar-refractivity contribution in [2.24, 2.45) is 5.92 Å². The topological polar surface area (TPSA) is 76.2 Å². The predicted octanol–water partition coefficient (Wildman–Crippen LogP) is 3.40. The summed E-state index contributed by atoms with van der Waals surface area (Å²) in [5.41, 5.74) is 0.0385. The van der Waals surface area contributed by atoms with E-state index in [1.54, 1.807) is 11.8 Å². The van der Waals surface area contributed by atoms with E-state index in [1.807, 2.05) is 0 Å². The van der Waals surface area contributed by atoms with E-state index in [1.165, 1.54) is 13.5 Å². The monoisotopic (exact) mass is 410 g/mol. The van der Waals surface area contributed by atoms with Crippen LogP contribution >= 0.6 is 0 Å². The first kappa shape index (κ1) is 23.6. The molecule has 0 saturated carbocycles. The van der Waals surface area contributed by atoms with Crippen LogP contribution in [0.15, 0.2) is 0 Å². The van der Waals surface area contributed by atoms with Crippen LogP contribution in [-0.4, -0.2) is 71.6 Å². The first-order valence-electron chi connectivity index (χ1n) is 10.8. The van der Waals surface area contributed by atoms with E-state index in [0.29, 0.717) is 25.9 Å². The lowest BCUT2D eigenvalue weighted by molar-refractivity contribution is -0.146. The number of carbonyl (C=O) groups excluding carboxylic acids is 3. The molecule has 0 aliphatic carbocycles. The first-order chi connectivity index (χ1) is 13.5. The van der Waals surface area contributed by atoms with E-state index < -0.39 is 5.97 Å². The van der Waals surface area contributed by atoms with E-state index in [-0.39, 0.29) is 47.9 Å². The van der Waals surface area contributed by atoms with Gasteiger partial charge in [-0.2, -0.15) is 0 Å². The third kappa shape index (κ3) is 5.71. The Labute approximate surface area is 175 Å². The standard InChI is InChI=1S/C22H38N2O5/c1-7-29-19(26)14-18(25)16-9-12-23(20(27)28-6)17(13-16)15-24-21(2,3)10-8-11-22(24,4)5/h16-17H,7-15H2,1-6H3/t16-,17+/m1/s1. The number of nitrogens with zero attached hydrogens (tertiary/aromatic N) is 2. The van der Waals surface area contributed by atoms with Gasteiger partial charge in [0, 0.05) is 36.1 Å². The van der Waals surface area contributed by atoms with Gasteiger partial charge in [0.2, 0.25) is 0 Å². The van der Waals surface area contributed by atoms with Gasteiger partial charge in [0.25, 0.3) is 0 Å². The molecule has 2 heterocycles. The molecule has 0 spiro atoms. The number of esters is 1. The van der Waals surface area contributed by atoms with Crippen LogP contribution in [0.2, 0.25) is 0 Å². The number of carbonyl (C=O) groups is 3. The minimum atomic E-state index is -0.470. The molecule has 0 aromatic carbocycles. The maximum Gasteiger partial charge on any atom is 0.409 e. The van der Waals surface area contributed by atoms with Crippen LogP contribution in [0.1, 0.15) is 73.1 Å². The highest BCUT2D eigenvalue weighted by atomic mass is 16.5. The molecule has 0 bridgehead atoms. The van der Waals surface area contributed by atoms with Gasteiger partial charge < -0.3 is 14.4 Å². The molecule has 0 aromatic rings. The second-order valence-corrected chi connectivity index (χ2v) is 9.58. The van der Waals surface area contributed by atoms with Crippen molar-refractivity contribution in [3.05, 3.63) is 0 Å². The van der Waals surface area contributed by atoms with Crippen LogP contribution in [0.4, 0.5) is 4.79 Å². The van der Waals surface area contributed by atoms with E-state index in [0.717, 1.165) is 12.8 Å². The number of ether oxygens (including phenoxy) is 2. The lowest BCUT2D eigenvalue weighted by Gasteiger charge is -2.55. The van der Waals surface area contributed by atoms with Gasteiger partial charge >= 0.3 is 12.1 Å².